The van der Waals surface area contributed by atoms with Crippen molar-refractivity contribution in [2.45, 2.75) is 20.4 Å². The van der Waals surface area contributed by atoms with Crippen molar-refractivity contribution in [2.75, 3.05) is 20.2 Å². The van der Waals surface area contributed by atoms with E-state index in [0.29, 0.717) is 11.8 Å². The first-order chi connectivity index (χ1) is 8.02. The van der Waals surface area contributed by atoms with Crippen molar-refractivity contribution in [3.63, 3.8) is 0 Å². The molecule has 0 bridgehead atoms. The second kappa shape index (κ2) is 6.72. The van der Waals surface area contributed by atoms with Crippen LogP contribution in [0.2, 0.25) is 0 Å². The van der Waals surface area contributed by atoms with Crippen LogP contribution in [0, 0.1) is 17.7 Å². The van der Waals surface area contributed by atoms with E-state index in [1.165, 1.54) is 12.1 Å². The van der Waals surface area contributed by atoms with Gasteiger partial charge < -0.3 is 10.0 Å². The van der Waals surface area contributed by atoms with E-state index in [1.807, 2.05) is 7.05 Å². The lowest BCUT2D eigenvalue weighted by molar-refractivity contribution is 0.143. The van der Waals surface area contributed by atoms with Crippen LogP contribution in [0.3, 0.4) is 0 Å². The van der Waals surface area contributed by atoms with Crippen LogP contribution in [0.15, 0.2) is 24.3 Å². The third-order valence-corrected chi connectivity index (χ3v) is 3.09. The van der Waals surface area contributed by atoms with Crippen molar-refractivity contribution < 1.29 is 9.50 Å². The zero-order valence-corrected chi connectivity index (χ0v) is 10.9. The molecule has 1 aromatic carbocycles. The summed E-state index contributed by atoms with van der Waals surface area (Å²) in [5, 5.41) is 9.27. The highest BCUT2D eigenvalue weighted by atomic mass is 19.1. The van der Waals surface area contributed by atoms with Gasteiger partial charge in [-0.2, -0.15) is 0 Å². The van der Waals surface area contributed by atoms with Gasteiger partial charge in [-0.1, -0.05) is 26.0 Å². The van der Waals surface area contributed by atoms with Gasteiger partial charge in [-0.15, -0.1) is 0 Å². The van der Waals surface area contributed by atoms with Gasteiger partial charge in [0.15, 0.2) is 0 Å². The number of benzene rings is 1. The van der Waals surface area contributed by atoms with Crippen LogP contribution in [-0.4, -0.2) is 30.2 Å². The number of nitrogens with zero attached hydrogens (tertiary/aromatic N) is 1. The maximum atomic E-state index is 12.7. The molecule has 0 heterocycles. The van der Waals surface area contributed by atoms with Crippen molar-refractivity contribution in [1.82, 2.24) is 4.90 Å². The van der Waals surface area contributed by atoms with Gasteiger partial charge >= 0.3 is 0 Å². The van der Waals surface area contributed by atoms with E-state index in [0.717, 1.165) is 18.7 Å². The standard InChI is InChI=1S/C14H22FNO/c1-11(2)13(10-17)9-16(3)8-12-4-6-14(15)7-5-12/h4-7,11,13,17H,8-10H2,1-3H3. The Bertz CT molecular complexity index is 323. The van der Waals surface area contributed by atoms with Crippen LogP contribution in [0.4, 0.5) is 4.39 Å². The highest BCUT2D eigenvalue weighted by Gasteiger charge is 2.14. The molecule has 1 aromatic rings. The smallest absolute Gasteiger partial charge is 0.123 e. The molecule has 0 aliphatic heterocycles. The topological polar surface area (TPSA) is 23.5 Å². The Kier molecular flexibility index (Phi) is 5.59. The molecule has 0 amide bonds. The summed E-state index contributed by atoms with van der Waals surface area (Å²) in [4.78, 5) is 2.16. The first-order valence-corrected chi connectivity index (χ1v) is 6.06. The van der Waals surface area contributed by atoms with Crippen LogP contribution in [0.5, 0.6) is 0 Å². The van der Waals surface area contributed by atoms with Gasteiger partial charge in [0.2, 0.25) is 0 Å². The lowest BCUT2D eigenvalue weighted by Crippen LogP contribution is -2.30. The van der Waals surface area contributed by atoms with Gasteiger partial charge in [-0.05, 0) is 36.6 Å². The molecule has 0 saturated heterocycles. The summed E-state index contributed by atoms with van der Waals surface area (Å²) in [5.74, 6) is 0.558. The molecular weight excluding hydrogens is 217 g/mol. The Balaban J connectivity index is 2.48. The second-order valence-electron chi connectivity index (χ2n) is 5.01. The SMILES string of the molecule is CC(C)C(CO)CN(C)Cc1ccc(F)cc1. The van der Waals surface area contributed by atoms with Crippen molar-refractivity contribution in [3.05, 3.63) is 35.6 Å². The number of aliphatic hydroxyl groups is 1. The third-order valence-electron chi connectivity index (χ3n) is 3.09. The summed E-state index contributed by atoms with van der Waals surface area (Å²) in [7, 11) is 2.02. The van der Waals surface area contributed by atoms with E-state index >= 15 is 0 Å². The molecule has 0 spiro atoms. The Labute approximate surface area is 103 Å². The maximum Gasteiger partial charge on any atom is 0.123 e. The van der Waals surface area contributed by atoms with Crippen molar-refractivity contribution >= 4 is 0 Å². The monoisotopic (exact) mass is 239 g/mol. The van der Waals surface area contributed by atoms with Crippen LogP contribution in [0.25, 0.3) is 0 Å². The van der Waals surface area contributed by atoms with Gasteiger partial charge in [0.25, 0.3) is 0 Å². The first kappa shape index (κ1) is 14.1. The Morgan fingerprint density at radius 3 is 2.29 bits per heavy atom. The van der Waals surface area contributed by atoms with E-state index in [9.17, 15) is 9.50 Å². The summed E-state index contributed by atoms with van der Waals surface area (Å²) in [5.41, 5.74) is 1.09. The average molecular weight is 239 g/mol. The predicted molar refractivity (Wildman–Crippen MR) is 68.1 cm³/mol. The van der Waals surface area contributed by atoms with Gasteiger partial charge in [0.1, 0.15) is 5.82 Å². The molecule has 3 heteroatoms. The molecule has 2 nitrogen and oxygen atoms in total. The van der Waals surface area contributed by atoms with E-state index in [4.69, 9.17) is 0 Å². The average Bonchev–Trinajstić information content (AvgIpc) is 2.28. The number of rotatable bonds is 6. The first-order valence-electron chi connectivity index (χ1n) is 6.06. The van der Waals surface area contributed by atoms with Gasteiger partial charge in [0, 0.05) is 19.7 Å². The summed E-state index contributed by atoms with van der Waals surface area (Å²) in [6.07, 6.45) is 0. The maximum absolute atomic E-state index is 12.7. The highest BCUT2D eigenvalue weighted by Crippen LogP contribution is 2.13. The minimum absolute atomic E-state index is 0.202. The molecule has 0 radical (unpaired) electrons. The lowest BCUT2D eigenvalue weighted by Gasteiger charge is -2.25. The Morgan fingerprint density at radius 2 is 1.82 bits per heavy atom. The van der Waals surface area contributed by atoms with Gasteiger partial charge in [0.05, 0.1) is 0 Å². The van der Waals surface area contributed by atoms with Crippen molar-refractivity contribution in [2.24, 2.45) is 11.8 Å². The number of hydrogen-bond acceptors (Lipinski definition) is 2. The fourth-order valence-corrected chi connectivity index (χ4v) is 1.85. The van der Waals surface area contributed by atoms with E-state index in [-0.39, 0.29) is 12.4 Å². The summed E-state index contributed by atoms with van der Waals surface area (Å²) in [6, 6.07) is 6.56. The fourth-order valence-electron chi connectivity index (χ4n) is 1.85. The zero-order valence-electron chi connectivity index (χ0n) is 10.9. The number of halogens is 1. The zero-order chi connectivity index (χ0) is 12.8. The molecule has 96 valence electrons. The second-order valence-corrected chi connectivity index (χ2v) is 5.01. The quantitative estimate of drug-likeness (QED) is 0.824. The largest absolute Gasteiger partial charge is 0.396 e. The fraction of sp³-hybridized carbons (Fsp3) is 0.571. The van der Waals surface area contributed by atoms with Crippen LogP contribution >= 0.6 is 0 Å². The molecule has 1 rings (SSSR count). The molecule has 1 atom stereocenters. The minimum atomic E-state index is -0.202. The van der Waals surface area contributed by atoms with Crippen LogP contribution < -0.4 is 0 Å². The number of hydrogen-bond donors (Lipinski definition) is 1. The molecule has 0 aromatic heterocycles. The van der Waals surface area contributed by atoms with Gasteiger partial charge in [-0.3, -0.25) is 0 Å². The summed E-state index contributed by atoms with van der Waals surface area (Å²) in [6.45, 7) is 6.08. The number of aliphatic hydroxyl groups excluding tert-OH is 1. The normalized spacial score (nSPS) is 13.4. The molecule has 1 unspecified atom stereocenters. The highest BCUT2D eigenvalue weighted by molar-refractivity contribution is 5.15. The molecule has 0 aliphatic rings. The van der Waals surface area contributed by atoms with Gasteiger partial charge in [-0.25, -0.2) is 4.39 Å². The summed E-state index contributed by atoms with van der Waals surface area (Å²) >= 11 is 0. The third kappa shape index (κ3) is 4.84. The lowest BCUT2D eigenvalue weighted by atomic mass is 9.96. The summed E-state index contributed by atoms with van der Waals surface area (Å²) < 4.78 is 12.7. The van der Waals surface area contributed by atoms with E-state index < -0.39 is 0 Å². The van der Waals surface area contributed by atoms with Crippen molar-refractivity contribution in [1.29, 1.82) is 0 Å². The Morgan fingerprint density at radius 1 is 1.24 bits per heavy atom. The van der Waals surface area contributed by atoms with Crippen molar-refractivity contribution in [3.8, 4) is 0 Å². The molecule has 0 saturated carbocycles. The van der Waals surface area contributed by atoms with E-state index in [1.54, 1.807) is 12.1 Å². The molecule has 1 N–H and O–H groups in total. The minimum Gasteiger partial charge on any atom is -0.396 e. The predicted octanol–water partition coefficient (Wildman–Crippen LogP) is 2.52. The molecular formula is C14H22FNO. The molecule has 0 aliphatic carbocycles. The van der Waals surface area contributed by atoms with Crippen LogP contribution in [-0.2, 0) is 6.54 Å². The molecule has 17 heavy (non-hydrogen) atoms. The van der Waals surface area contributed by atoms with Crippen LogP contribution in [0.1, 0.15) is 19.4 Å². The molecule has 0 fully saturated rings. The Hall–Kier alpha value is -0.930. The van der Waals surface area contributed by atoms with E-state index in [2.05, 4.69) is 18.7 Å².